The van der Waals surface area contributed by atoms with Gasteiger partial charge in [0, 0.05) is 32.4 Å². The molecular formula is C27H31N3O2. The van der Waals surface area contributed by atoms with Crippen molar-refractivity contribution in [3.63, 3.8) is 0 Å². The fourth-order valence-electron chi connectivity index (χ4n) is 3.83. The summed E-state index contributed by atoms with van der Waals surface area (Å²) in [5.74, 6) is 2.52. The van der Waals surface area contributed by atoms with Gasteiger partial charge in [0.1, 0.15) is 18.2 Å². The minimum atomic E-state index is 0.182. The summed E-state index contributed by atoms with van der Waals surface area (Å²) in [7, 11) is 0. The number of hydrogen-bond acceptors (Lipinski definition) is 4. The van der Waals surface area contributed by atoms with Gasteiger partial charge in [-0.2, -0.15) is 0 Å². The molecule has 0 unspecified atom stereocenters. The summed E-state index contributed by atoms with van der Waals surface area (Å²) < 4.78 is 5.79. The largest absolute Gasteiger partial charge is 0.489 e. The summed E-state index contributed by atoms with van der Waals surface area (Å²) in [6.07, 6.45) is 2.40. The normalized spacial score (nSPS) is 14.0. The molecule has 0 saturated carbocycles. The molecule has 1 aliphatic rings. The van der Waals surface area contributed by atoms with Crippen LogP contribution in [0.1, 0.15) is 36.5 Å². The molecular weight excluding hydrogens is 398 g/mol. The molecule has 0 spiro atoms. The van der Waals surface area contributed by atoms with Crippen molar-refractivity contribution in [3.05, 3.63) is 89.6 Å². The van der Waals surface area contributed by atoms with Gasteiger partial charge in [-0.15, -0.1) is 0 Å². The van der Waals surface area contributed by atoms with Gasteiger partial charge < -0.3 is 14.5 Å². The molecule has 1 amide bonds. The van der Waals surface area contributed by atoms with Crippen molar-refractivity contribution < 1.29 is 9.53 Å². The molecule has 4 rings (SSSR count). The third-order valence-electron chi connectivity index (χ3n) is 5.92. The predicted molar refractivity (Wildman–Crippen MR) is 128 cm³/mol. The maximum atomic E-state index is 12.8. The Labute approximate surface area is 190 Å². The van der Waals surface area contributed by atoms with E-state index in [1.165, 1.54) is 5.56 Å². The quantitative estimate of drug-likeness (QED) is 0.547. The van der Waals surface area contributed by atoms with Crippen molar-refractivity contribution in [2.45, 2.75) is 32.8 Å². The highest BCUT2D eigenvalue weighted by atomic mass is 16.5. The van der Waals surface area contributed by atoms with E-state index in [9.17, 15) is 4.79 Å². The zero-order chi connectivity index (χ0) is 22.3. The highest BCUT2D eigenvalue weighted by Gasteiger charge is 2.22. The maximum absolute atomic E-state index is 12.8. The number of piperazine rings is 1. The Bertz CT molecular complexity index is 993. The number of nitrogens with zero attached hydrogens (tertiary/aromatic N) is 3. The number of benzene rings is 2. The summed E-state index contributed by atoms with van der Waals surface area (Å²) in [5, 5.41) is 0. The van der Waals surface area contributed by atoms with Crippen molar-refractivity contribution in [1.29, 1.82) is 0 Å². The average molecular weight is 430 g/mol. The van der Waals surface area contributed by atoms with Crippen molar-refractivity contribution in [3.8, 4) is 5.75 Å². The first kappa shape index (κ1) is 21.9. The van der Waals surface area contributed by atoms with Crippen LogP contribution in [0.2, 0.25) is 0 Å². The van der Waals surface area contributed by atoms with Crippen LogP contribution in [0.4, 0.5) is 5.82 Å². The fraction of sp³-hybridized carbons (Fsp3) is 0.333. The van der Waals surface area contributed by atoms with Crippen molar-refractivity contribution in [1.82, 2.24) is 9.88 Å². The minimum Gasteiger partial charge on any atom is -0.489 e. The lowest BCUT2D eigenvalue weighted by molar-refractivity contribution is -0.130. The number of anilines is 1. The van der Waals surface area contributed by atoms with E-state index in [0.29, 0.717) is 18.9 Å². The lowest BCUT2D eigenvalue weighted by Gasteiger charge is -2.35. The van der Waals surface area contributed by atoms with Crippen LogP contribution in [0.25, 0.3) is 0 Å². The molecule has 0 radical (unpaired) electrons. The Morgan fingerprint density at radius 1 is 0.906 bits per heavy atom. The lowest BCUT2D eigenvalue weighted by Crippen LogP contribution is -2.49. The molecule has 5 heteroatoms. The molecule has 32 heavy (non-hydrogen) atoms. The number of pyridine rings is 1. The number of carbonyl (C=O) groups excluding carboxylic acids is 1. The number of ether oxygens (including phenoxy) is 1. The topological polar surface area (TPSA) is 45.7 Å². The molecule has 2 aromatic carbocycles. The van der Waals surface area contributed by atoms with E-state index in [4.69, 9.17) is 4.74 Å². The van der Waals surface area contributed by atoms with Gasteiger partial charge in [0.2, 0.25) is 5.91 Å². The Hall–Kier alpha value is -3.34. The van der Waals surface area contributed by atoms with Crippen molar-refractivity contribution in [2.24, 2.45) is 0 Å². The third-order valence-corrected chi connectivity index (χ3v) is 5.92. The van der Waals surface area contributed by atoms with Gasteiger partial charge in [0.25, 0.3) is 0 Å². The van der Waals surface area contributed by atoms with Gasteiger partial charge in [0.15, 0.2) is 0 Å². The van der Waals surface area contributed by atoms with E-state index in [2.05, 4.69) is 35.9 Å². The van der Waals surface area contributed by atoms with Crippen molar-refractivity contribution >= 4 is 11.7 Å². The first-order valence-electron chi connectivity index (χ1n) is 11.3. The Kier molecular flexibility index (Phi) is 7.05. The molecule has 1 aromatic heterocycles. The summed E-state index contributed by atoms with van der Waals surface area (Å²) in [6, 6.07) is 22.2. The van der Waals surface area contributed by atoms with Crippen LogP contribution in [-0.4, -0.2) is 42.0 Å². The average Bonchev–Trinajstić information content (AvgIpc) is 2.84. The molecule has 1 saturated heterocycles. The lowest BCUT2D eigenvalue weighted by atomic mass is 10.1. The van der Waals surface area contributed by atoms with Gasteiger partial charge in [-0.05, 0) is 40.8 Å². The van der Waals surface area contributed by atoms with Crippen LogP contribution in [0.3, 0.4) is 0 Å². The van der Waals surface area contributed by atoms with E-state index in [1.807, 2.05) is 65.7 Å². The number of rotatable bonds is 7. The molecule has 0 N–H and O–H groups in total. The molecule has 5 nitrogen and oxygen atoms in total. The van der Waals surface area contributed by atoms with Crippen LogP contribution in [-0.2, 0) is 17.8 Å². The number of hydrogen-bond donors (Lipinski definition) is 0. The number of aromatic nitrogens is 1. The van der Waals surface area contributed by atoms with E-state index in [-0.39, 0.29) is 5.91 Å². The number of para-hydroxylation sites is 1. The number of amides is 1. The first-order valence-corrected chi connectivity index (χ1v) is 11.3. The van der Waals surface area contributed by atoms with E-state index in [1.54, 1.807) is 0 Å². The van der Waals surface area contributed by atoms with Crippen LogP contribution < -0.4 is 9.64 Å². The summed E-state index contributed by atoms with van der Waals surface area (Å²) in [6.45, 7) is 7.96. The Morgan fingerprint density at radius 3 is 2.22 bits per heavy atom. The maximum Gasteiger partial charge on any atom is 0.227 e. The van der Waals surface area contributed by atoms with Crippen LogP contribution in [0.15, 0.2) is 72.9 Å². The third kappa shape index (κ3) is 5.67. The minimum absolute atomic E-state index is 0.182. The van der Waals surface area contributed by atoms with Gasteiger partial charge in [-0.1, -0.05) is 62.4 Å². The Balaban J connectivity index is 1.24. The van der Waals surface area contributed by atoms with E-state index >= 15 is 0 Å². The second kappa shape index (κ2) is 10.3. The second-order valence-electron chi connectivity index (χ2n) is 8.57. The molecule has 0 bridgehead atoms. The molecule has 2 heterocycles. The molecule has 1 fully saturated rings. The number of carbonyl (C=O) groups is 1. The summed E-state index contributed by atoms with van der Waals surface area (Å²) in [5.41, 5.74) is 3.38. The smallest absolute Gasteiger partial charge is 0.227 e. The van der Waals surface area contributed by atoms with Crippen LogP contribution in [0.5, 0.6) is 5.75 Å². The molecule has 0 aliphatic carbocycles. The highest BCUT2D eigenvalue weighted by Crippen LogP contribution is 2.19. The fourth-order valence-corrected chi connectivity index (χ4v) is 3.83. The van der Waals surface area contributed by atoms with Crippen LogP contribution in [0, 0.1) is 0 Å². The standard InChI is InChI=1S/C27H31N3O2/c1-21(2)24-12-13-26(28-19-24)29-14-16-30(17-15-29)27(31)18-22-8-10-23(11-9-22)20-32-25-6-4-3-5-7-25/h3-13,19,21H,14-18,20H2,1-2H3. The first-order chi connectivity index (χ1) is 15.6. The zero-order valence-corrected chi connectivity index (χ0v) is 18.9. The molecule has 3 aromatic rings. The zero-order valence-electron chi connectivity index (χ0n) is 18.9. The van der Waals surface area contributed by atoms with Crippen LogP contribution >= 0.6 is 0 Å². The SMILES string of the molecule is CC(C)c1ccc(N2CCN(C(=O)Cc3ccc(COc4ccccc4)cc3)CC2)nc1. The second-order valence-corrected chi connectivity index (χ2v) is 8.57. The van der Waals surface area contributed by atoms with E-state index < -0.39 is 0 Å². The molecule has 166 valence electrons. The summed E-state index contributed by atoms with van der Waals surface area (Å²) >= 11 is 0. The monoisotopic (exact) mass is 429 g/mol. The Morgan fingerprint density at radius 2 is 1.59 bits per heavy atom. The predicted octanol–water partition coefficient (Wildman–Crippen LogP) is 4.68. The molecule has 0 atom stereocenters. The van der Waals surface area contributed by atoms with Gasteiger partial charge >= 0.3 is 0 Å². The van der Waals surface area contributed by atoms with Gasteiger partial charge in [-0.3, -0.25) is 4.79 Å². The van der Waals surface area contributed by atoms with Gasteiger partial charge in [-0.25, -0.2) is 4.98 Å². The molecule has 1 aliphatic heterocycles. The van der Waals surface area contributed by atoms with Crippen molar-refractivity contribution in [2.75, 3.05) is 31.1 Å². The van der Waals surface area contributed by atoms with E-state index in [0.717, 1.165) is 48.9 Å². The highest BCUT2D eigenvalue weighted by molar-refractivity contribution is 5.79. The van der Waals surface area contributed by atoms with Gasteiger partial charge in [0.05, 0.1) is 6.42 Å². The summed E-state index contributed by atoms with van der Waals surface area (Å²) in [4.78, 5) is 21.6.